The molecular formula is C63H119N7O35. The minimum Gasteiger partial charge on any atom is -0.387 e. The Balaban J connectivity index is 1.19. The van der Waals surface area contributed by atoms with E-state index in [1.54, 1.807) is 0 Å². The number of rotatable bonds is 35. The van der Waals surface area contributed by atoms with Crippen molar-refractivity contribution in [2.75, 3.05) is 188 Å². The van der Waals surface area contributed by atoms with E-state index in [0.29, 0.717) is 0 Å². The van der Waals surface area contributed by atoms with Gasteiger partial charge in [-0.3, -0.25) is 0 Å². The highest BCUT2D eigenvalue weighted by Crippen LogP contribution is 2.39. The lowest BCUT2D eigenvalue weighted by molar-refractivity contribution is -0.392. The van der Waals surface area contributed by atoms with Crippen LogP contribution in [0.4, 0.5) is 0 Å². The molecule has 42 nitrogen and oxygen atoms in total. The standard InChI is InChI=1S/C63H119N7O35/c1-85-15-8-64-22-29-50-36(71)43(78)57(92-29)100-51-30(23-65-9-16-86-2)94-59(45(80)38(51)73)102-53-32(25-67-11-18-88-4)96-61(47(82)40(53)75)104-55-34(27-69-13-20-90-6)98-63(49(84)42(55)77)105-56-35(28-70-14-21-91-7)97-62(48(83)41(56)76)103-54-33(26-68-12-19-89-5)95-60(46(81)39(54)74)101-52-31(24-66-10-17-87-3)93-58(99-50)44(79)37(52)72/h29-84H,8-28H2,1-7H3/t29-,30-,31-,32-,33-,34-,35-,36-,37-,38-,39-,40-,41-,42-,43-,44-,45-,46-,47?,48?,49-,50-,51-,52-,53-,54-,55-,56-,57-,58-,59-,60-,61-,62-,63-/m1/s1. The van der Waals surface area contributed by atoms with Crippen LogP contribution in [0.15, 0.2) is 0 Å². The van der Waals surface area contributed by atoms with E-state index in [2.05, 4.69) is 37.2 Å². The molecule has 105 heavy (non-hydrogen) atoms. The van der Waals surface area contributed by atoms with E-state index in [-0.39, 0.29) is 138 Å². The molecule has 21 aliphatic rings. The summed E-state index contributed by atoms with van der Waals surface area (Å²) in [5.74, 6) is 0. The molecule has 616 valence electrons. The topological polar surface area (TPSA) is 561 Å². The maximum Gasteiger partial charge on any atom is 0.187 e. The predicted molar refractivity (Wildman–Crippen MR) is 352 cm³/mol. The average molecular weight is 1530 g/mol. The molecule has 0 radical (unpaired) electrons. The highest BCUT2D eigenvalue weighted by atomic mass is 16.8. The number of methoxy groups -OCH3 is 7. The molecule has 35 atom stereocenters. The van der Waals surface area contributed by atoms with Crippen LogP contribution in [0.25, 0.3) is 0 Å². The molecule has 21 heterocycles. The van der Waals surface area contributed by atoms with Crippen molar-refractivity contribution in [3.05, 3.63) is 0 Å². The van der Waals surface area contributed by atoms with Crippen molar-refractivity contribution in [1.82, 2.24) is 37.2 Å². The average Bonchev–Trinajstić information content (AvgIpc) is 0.793. The predicted octanol–water partition coefficient (Wildman–Crippen LogP) is -13.5. The second-order valence-corrected chi connectivity index (χ2v) is 26.8. The van der Waals surface area contributed by atoms with Gasteiger partial charge in [0.15, 0.2) is 44.0 Å². The largest absolute Gasteiger partial charge is 0.387 e. The van der Waals surface area contributed by atoms with Gasteiger partial charge in [0.25, 0.3) is 0 Å². The fourth-order valence-corrected chi connectivity index (χ4v) is 13.5. The van der Waals surface area contributed by atoms with Crippen LogP contribution >= 0.6 is 0 Å². The first kappa shape index (κ1) is 88.9. The third-order valence-corrected chi connectivity index (χ3v) is 19.3. The number of hydrogen-bond donors (Lipinski definition) is 21. The quantitative estimate of drug-likeness (QED) is 0.0262. The van der Waals surface area contributed by atoms with Gasteiger partial charge in [0, 0.05) is 141 Å². The van der Waals surface area contributed by atoms with E-state index in [9.17, 15) is 71.5 Å². The van der Waals surface area contributed by atoms with Crippen LogP contribution in [-0.4, -0.2) is 474 Å². The summed E-state index contributed by atoms with van der Waals surface area (Å²) in [5.41, 5.74) is 0. The summed E-state index contributed by atoms with van der Waals surface area (Å²) in [6, 6.07) is 0. The van der Waals surface area contributed by atoms with Gasteiger partial charge in [0.05, 0.1) is 46.2 Å². The van der Waals surface area contributed by atoms with Crippen molar-refractivity contribution < 1.29 is 171 Å². The minimum absolute atomic E-state index is 0.185. The van der Waals surface area contributed by atoms with E-state index in [1.807, 2.05) is 0 Å². The molecule has 21 fully saturated rings. The van der Waals surface area contributed by atoms with Crippen LogP contribution in [0.5, 0.6) is 0 Å². The van der Waals surface area contributed by atoms with Crippen LogP contribution in [0.3, 0.4) is 0 Å². The highest BCUT2D eigenvalue weighted by molar-refractivity contribution is 5.03. The first-order chi connectivity index (χ1) is 50.7. The van der Waals surface area contributed by atoms with Crippen molar-refractivity contribution in [3.63, 3.8) is 0 Å². The summed E-state index contributed by atoms with van der Waals surface area (Å²) >= 11 is 0. The summed E-state index contributed by atoms with van der Waals surface area (Å²) in [6.45, 7) is 1.46. The van der Waals surface area contributed by atoms with E-state index in [0.717, 1.165) is 0 Å². The van der Waals surface area contributed by atoms with E-state index < -0.39 is 215 Å². The first-order valence-corrected chi connectivity index (χ1v) is 35.7. The lowest BCUT2D eigenvalue weighted by Gasteiger charge is -2.50. The molecular weight excluding hydrogens is 1410 g/mol. The van der Waals surface area contributed by atoms with Crippen LogP contribution in [0, 0.1) is 0 Å². The summed E-state index contributed by atoms with van der Waals surface area (Å²) in [4.78, 5) is 0. The Bertz CT molecular complexity index is 1940. The molecule has 14 bridgehead atoms. The van der Waals surface area contributed by atoms with Gasteiger partial charge < -0.3 is 208 Å². The SMILES string of the molecule is COCCNC[C@H]1O[C@@H]2O[C@H]3[C@H](O)[C@@H](O)[C@@H](O[C@H]4[C@H](O)[C@@H](O)[C@@H](O[C@H]5[C@H](O)[C@@H](O)[C@@H](O[C@H]6[C@H](O)C(O)[C@@H](O[C@H]7[C@H](O)[C@@H](O)[C@@H](O[C@H]8[C@H](O)C(O)[C@@H](O[C@H]1[C@H](O)[C@H]2O)O[C@@H]8CNCCOC)O[C@@H]7CNCCOC)O[C@@H]6CNCCOC)O[C@@H]5CNCCOC)O[C@@H]4CNCCOC)O[C@@H]3CNCCOC. The third-order valence-electron chi connectivity index (χ3n) is 19.3. The fourth-order valence-electron chi connectivity index (χ4n) is 13.5. The Morgan fingerprint density at radius 1 is 0.181 bits per heavy atom. The zero-order chi connectivity index (χ0) is 75.9. The molecule has 0 aromatic rings. The maximum atomic E-state index is 12.2. The Labute approximate surface area is 609 Å². The Kier molecular flexibility index (Phi) is 38.3. The highest BCUT2D eigenvalue weighted by Gasteiger charge is 2.60. The van der Waals surface area contributed by atoms with E-state index >= 15 is 0 Å². The number of aliphatic hydroxyl groups is 14. The first-order valence-electron chi connectivity index (χ1n) is 35.7. The summed E-state index contributed by atoms with van der Waals surface area (Å²) in [5, 5.41) is 192. The number of ether oxygens (including phenoxy) is 21. The summed E-state index contributed by atoms with van der Waals surface area (Å²) in [7, 11) is 10.3. The lowest BCUT2D eigenvalue weighted by atomic mass is 9.94. The van der Waals surface area contributed by atoms with Crippen molar-refractivity contribution in [1.29, 1.82) is 0 Å². The monoisotopic (exact) mass is 1530 g/mol. The second-order valence-electron chi connectivity index (χ2n) is 26.8. The molecule has 0 spiro atoms. The molecule has 42 heteroatoms. The van der Waals surface area contributed by atoms with Crippen LogP contribution in [0.2, 0.25) is 0 Å². The molecule has 0 amide bonds. The molecule has 21 saturated heterocycles. The van der Waals surface area contributed by atoms with Crippen molar-refractivity contribution in [2.24, 2.45) is 0 Å². The van der Waals surface area contributed by atoms with E-state index in [1.165, 1.54) is 49.8 Å². The molecule has 2 unspecified atom stereocenters. The van der Waals surface area contributed by atoms with Crippen molar-refractivity contribution in [2.45, 2.75) is 215 Å². The summed E-state index contributed by atoms with van der Waals surface area (Å²) in [6.07, 6.45) is -62.4. The molecule has 0 aromatic heterocycles. The molecule has 0 aromatic carbocycles. The summed E-state index contributed by atoms with van der Waals surface area (Å²) < 4.78 is 126. The molecule has 21 aliphatic heterocycles. The van der Waals surface area contributed by atoms with Gasteiger partial charge in [-0.1, -0.05) is 0 Å². The van der Waals surface area contributed by atoms with Gasteiger partial charge in [0.1, 0.15) is 171 Å². The lowest BCUT2D eigenvalue weighted by Crippen LogP contribution is -2.69. The molecule has 21 rings (SSSR count). The Morgan fingerprint density at radius 3 is 0.400 bits per heavy atom. The number of nitrogens with one attached hydrogen (secondary N) is 7. The van der Waals surface area contributed by atoms with Gasteiger partial charge in [-0.25, -0.2) is 0 Å². The van der Waals surface area contributed by atoms with E-state index in [4.69, 9.17) is 99.5 Å². The van der Waals surface area contributed by atoms with Gasteiger partial charge in [-0.05, 0) is 0 Å². The van der Waals surface area contributed by atoms with Crippen molar-refractivity contribution in [3.8, 4) is 0 Å². The van der Waals surface area contributed by atoms with Crippen LogP contribution < -0.4 is 37.2 Å². The molecule has 0 aliphatic carbocycles. The normalized spacial score (nSPS) is 43.8. The minimum atomic E-state index is -2.06. The zero-order valence-electron chi connectivity index (χ0n) is 60.4. The Hall–Kier alpha value is -1.68. The maximum absolute atomic E-state index is 12.2. The third kappa shape index (κ3) is 23.7. The Morgan fingerprint density at radius 2 is 0.295 bits per heavy atom. The fraction of sp³-hybridized carbons (Fsp3) is 1.00. The van der Waals surface area contributed by atoms with Gasteiger partial charge in [-0.2, -0.15) is 0 Å². The van der Waals surface area contributed by atoms with Gasteiger partial charge >= 0.3 is 0 Å². The van der Waals surface area contributed by atoms with Crippen molar-refractivity contribution >= 4 is 0 Å². The van der Waals surface area contributed by atoms with Gasteiger partial charge in [-0.15, -0.1) is 0 Å². The van der Waals surface area contributed by atoms with Crippen LogP contribution in [-0.2, 0) is 99.5 Å². The molecule has 21 N–H and O–H groups in total. The second kappa shape index (κ2) is 45.3. The zero-order valence-corrected chi connectivity index (χ0v) is 60.4. The smallest absolute Gasteiger partial charge is 0.187 e. The van der Waals surface area contributed by atoms with Gasteiger partial charge in [0.2, 0.25) is 0 Å². The molecule has 0 saturated carbocycles. The number of hydrogen-bond acceptors (Lipinski definition) is 42. The van der Waals surface area contributed by atoms with Crippen LogP contribution in [0.1, 0.15) is 0 Å². The number of aliphatic hydroxyl groups excluding tert-OH is 14.